The molecule has 1 aliphatic heterocycles. The van der Waals surface area contributed by atoms with Crippen LogP contribution in [0.25, 0.3) is 0 Å². The van der Waals surface area contributed by atoms with Crippen LogP contribution in [0.3, 0.4) is 0 Å². The van der Waals surface area contributed by atoms with Crippen molar-refractivity contribution < 1.29 is 28.5 Å². The summed E-state index contributed by atoms with van der Waals surface area (Å²) in [6, 6.07) is 5.29. The van der Waals surface area contributed by atoms with Crippen molar-refractivity contribution in [1.82, 2.24) is 0 Å². The Kier molecular flexibility index (Phi) is 4.59. The highest BCUT2D eigenvalue weighted by Gasteiger charge is 2.20. The molecule has 19 heavy (non-hydrogen) atoms. The summed E-state index contributed by atoms with van der Waals surface area (Å²) >= 11 is 0. The minimum atomic E-state index is -0.450. The molecule has 0 spiro atoms. The lowest BCUT2D eigenvalue weighted by Crippen LogP contribution is -2.13. The summed E-state index contributed by atoms with van der Waals surface area (Å²) in [5.41, 5.74) is 0.847. The van der Waals surface area contributed by atoms with Crippen molar-refractivity contribution in [3.63, 3.8) is 0 Å². The number of hydrogen-bond donors (Lipinski definition) is 0. The summed E-state index contributed by atoms with van der Waals surface area (Å²) in [5, 5.41) is 0. The molecule has 0 radical (unpaired) electrons. The van der Waals surface area contributed by atoms with E-state index in [0.717, 1.165) is 5.56 Å². The molecule has 1 aromatic rings. The number of esters is 1. The van der Waals surface area contributed by atoms with Gasteiger partial charge in [0.2, 0.25) is 0 Å². The van der Waals surface area contributed by atoms with Gasteiger partial charge in [0.15, 0.2) is 24.4 Å². The summed E-state index contributed by atoms with van der Waals surface area (Å²) in [4.78, 5) is 11.0. The molecule has 6 nitrogen and oxygen atoms in total. The number of methoxy groups -OCH3 is 2. The van der Waals surface area contributed by atoms with E-state index in [1.807, 2.05) is 6.07 Å². The highest BCUT2D eigenvalue weighted by Crippen LogP contribution is 2.33. The third-order valence-electron chi connectivity index (χ3n) is 2.65. The second-order valence-electron chi connectivity index (χ2n) is 3.85. The van der Waals surface area contributed by atoms with Crippen LogP contribution >= 0.6 is 0 Å². The molecule has 1 heterocycles. The van der Waals surface area contributed by atoms with Crippen LogP contribution in [-0.2, 0) is 19.0 Å². The van der Waals surface area contributed by atoms with Gasteiger partial charge in [-0.2, -0.15) is 0 Å². The number of benzene rings is 1. The monoisotopic (exact) mass is 268 g/mol. The number of hydrogen-bond acceptors (Lipinski definition) is 6. The SMILES string of the molecule is COC(=O)COc1ccc(C2OCCO2)cc1OC. The van der Waals surface area contributed by atoms with Gasteiger partial charge in [-0.15, -0.1) is 0 Å². The fourth-order valence-corrected chi connectivity index (χ4v) is 1.70. The minimum absolute atomic E-state index is 0.164. The number of carbonyl (C=O) groups excluding carboxylic acids is 1. The van der Waals surface area contributed by atoms with Crippen molar-refractivity contribution in [2.75, 3.05) is 34.0 Å². The van der Waals surface area contributed by atoms with E-state index in [-0.39, 0.29) is 12.9 Å². The quantitative estimate of drug-likeness (QED) is 0.750. The molecule has 0 unspecified atom stereocenters. The molecule has 104 valence electrons. The van der Waals surface area contributed by atoms with Gasteiger partial charge >= 0.3 is 5.97 Å². The molecule has 0 amide bonds. The average Bonchev–Trinajstić information content (AvgIpc) is 2.98. The zero-order chi connectivity index (χ0) is 13.7. The Balaban J connectivity index is 2.09. The molecular weight excluding hydrogens is 252 g/mol. The number of rotatable bonds is 5. The zero-order valence-corrected chi connectivity index (χ0v) is 10.9. The maximum Gasteiger partial charge on any atom is 0.343 e. The Bertz CT molecular complexity index is 439. The van der Waals surface area contributed by atoms with Crippen LogP contribution in [0.1, 0.15) is 11.9 Å². The zero-order valence-electron chi connectivity index (χ0n) is 10.9. The predicted octanol–water partition coefficient (Wildman–Crippen LogP) is 1.29. The molecule has 0 aliphatic carbocycles. The van der Waals surface area contributed by atoms with Crippen LogP contribution in [0.15, 0.2) is 18.2 Å². The number of carbonyl (C=O) groups is 1. The topological polar surface area (TPSA) is 63.2 Å². The van der Waals surface area contributed by atoms with Gasteiger partial charge in [0.05, 0.1) is 27.4 Å². The molecule has 0 N–H and O–H groups in total. The van der Waals surface area contributed by atoms with Crippen molar-refractivity contribution in [3.8, 4) is 11.5 Å². The molecule has 1 saturated heterocycles. The molecule has 0 bridgehead atoms. The van der Waals surface area contributed by atoms with Gasteiger partial charge in [-0.25, -0.2) is 4.79 Å². The van der Waals surface area contributed by atoms with Gasteiger partial charge < -0.3 is 23.7 Å². The Morgan fingerprint density at radius 3 is 2.63 bits per heavy atom. The van der Waals surface area contributed by atoms with E-state index in [1.54, 1.807) is 12.1 Å². The first-order valence-electron chi connectivity index (χ1n) is 5.85. The molecule has 1 aromatic carbocycles. The predicted molar refractivity (Wildman–Crippen MR) is 65.2 cm³/mol. The van der Waals surface area contributed by atoms with Gasteiger partial charge in [0.25, 0.3) is 0 Å². The molecule has 1 fully saturated rings. The van der Waals surface area contributed by atoms with Gasteiger partial charge in [0.1, 0.15) is 0 Å². The highest BCUT2D eigenvalue weighted by molar-refractivity contribution is 5.71. The van der Waals surface area contributed by atoms with E-state index in [9.17, 15) is 4.79 Å². The minimum Gasteiger partial charge on any atom is -0.493 e. The molecule has 0 saturated carbocycles. The van der Waals surface area contributed by atoms with Crippen LogP contribution < -0.4 is 9.47 Å². The lowest BCUT2D eigenvalue weighted by Gasteiger charge is -2.14. The first kappa shape index (κ1) is 13.6. The lowest BCUT2D eigenvalue weighted by molar-refractivity contribution is -0.142. The summed E-state index contributed by atoms with van der Waals surface area (Å²) in [6.45, 7) is 0.990. The van der Waals surface area contributed by atoms with Crippen LogP contribution in [0.2, 0.25) is 0 Å². The third kappa shape index (κ3) is 3.36. The summed E-state index contributed by atoms with van der Waals surface area (Å²) in [6.07, 6.45) is -0.372. The average molecular weight is 268 g/mol. The molecule has 6 heteroatoms. The number of ether oxygens (including phenoxy) is 5. The van der Waals surface area contributed by atoms with Crippen LogP contribution in [-0.4, -0.2) is 40.0 Å². The van der Waals surface area contributed by atoms with Crippen LogP contribution in [0.4, 0.5) is 0 Å². The Morgan fingerprint density at radius 2 is 2.00 bits per heavy atom. The molecule has 1 aliphatic rings. The van der Waals surface area contributed by atoms with E-state index in [0.29, 0.717) is 24.7 Å². The molecule has 0 atom stereocenters. The fraction of sp³-hybridized carbons (Fsp3) is 0.462. The van der Waals surface area contributed by atoms with Crippen molar-refractivity contribution in [2.45, 2.75) is 6.29 Å². The molecular formula is C13H16O6. The van der Waals surface area contributed by atoms with Crippen molar-refractivity contribution in [1.29, 1.82) is 0 Å². The van der Waals surface area contributed by atoms with Gasteiger partial charge in [-0.1, -0.05) is 6.07 Å². The smallest absolute Gasteiger partial charge is 0.343 e. The summed E-state index contributed by atoms with van der Waals surface area (Å²) in [7, 11) is 2.83. The van der Waals surface area contributed by atoms with E-state index in [4.69, 9.17) is 18.9 Å². The van der Waals surface area contributed by atoms with Crippen LogP contribution in [0.5, 0.6) is 11.5 Å². The Morgan fingerprint density at radius 1 is 1.26 bits per heavy atom. The standard InChI is InChI=1S/C13H16O6/c1-15-11-7-9(13-17-5-6-18-13)3-4-10(11)19-8-12(14)16-2/h3-4,7,13H,5-6,8H2,1-2H3. The van der Waals surface area contributed by atoms with E-state index < -0.39 is 5.97 Å². The van der Waals surface area contributed by atoms with E-state index in [2.05, 4.69) is 4.74 Å². The fourth-order valence-electron chi connectivity index (χ4n) is 1.70. The maximum atomic E-state index is 11.0. The normalized spacial score (nSPS) is 15.3. The van der Waals surface area contributed by atoms with Crippen molar-refractivity contribution in [2.24, 2.45) is 0 Å². The Hall–Kier alpha value is -1.79. The summed E-state index contributed by atoms with van der Waals surface area (Å²) in [5.74, 6) is 0.531. The maximum absolute atomic E-state index is 11.0. The Labute approximate surface area is 111 Å². The second-order valence-corrected chi connectivity index (χ2v) is 3.85. The van der Waals surface area contributed by atoms with Crippen molar-refractivity contribution in [3.05, 3.63) is 23.8 Å². The first-order chi connectivity index (χ1) is 9.24. The second kappa shape index (κ2) is 6.40. The third-order valence-corrected chi connectivity index (χ3v) is 2.65. The van der Waals surface area contributed by atoms with E-state index in [1.165, 1.54) is 14.2 Å². The van der Waals surface area contributed by atoms with Crippen LogP contribution in [0, 0.1) is 0 Å². The molecule has 0 aromatic heterocycles. The van der Waals surface area contributed by atoms with Crippen molar-refractivity contribution >= 4 is 5.97 Å². The van der Waals surface area contributed by atoms with E-state index >= 15 is 0 Å². The highest BCUT2D eigenvalue weighted by atomic mass is 16.7. The first-order valence-corrected chi connectivity index (χ1v) is 5.85. The lowest BCUT2D eigenvalue weighted by atomic mass is 10.2. The largest absolute Gasteiger partial charge is 0.493 e. The van der Waals surface area contributed by atoms with Gasteiger partial charge in [-0.3, -0.25) is 0 Å². The van der Waals surface area contributed by atoms with Gasteiger partial charge in [0, 0.05) is 5.56 Å². The van der Waals surface area contributed by atoms with Gasteiger partial charge in [-0.05, 0) is 12.1 Å². The summed E-state index contributed by atoms with van der Waals surface area (Å²) < 4.78 is 25.8. The molecule has 2 rings (SSSR count).